The van der Waals surface area contributed by atoms with E-state index in [1.165, 1.54) is 12.2 Å². The largest absolute Gasteiger partial charge is 0.471 e. The maximum absolute atomic E-state index is 12.1. The molecule has 0 aromatic heterocycles. The molecule has 2 rings (SSSR count). The number of ketones is 1. The smallest absolute Gasteiger partial charge is 0.449 e. The number of alkyl halides is 3. The molecule has 0 saturated carbocycles. The molecule has 1 atom stereocenters. The Morgan fingerprint density at radius 1 is 1.32 bits per heavy atom. The molecule has 8 heteroatoms. The Balaban J connectivity index is 2.09. The highest BCUT2D eigenvalue weighted by Gasteiger charge is 2.48. The Morgan fingerprint density at radius 3 is 2.42 bits per heavy atom. The maximum Gasteiger partial charge on any atom is 0.471 e. The Hall–Kier alpha value is -2.12. The summed E-state index contributed by atoms with van der Waals surface area (Å²) in [6.45, 7) is 0. The van der Waals surface area contributed by atoms with Crippen LogP contribution in [-0.4, -0.2) is 35.5 Å². The number of nitrogens with one attached hydrogen (secondary N) is 1. The molecule has 102 valence electrons. The number of carbonyl (C=O) groups excluding carboxylic acids is 3. The SMILES string of the molecule is O=C1C=CC2(C=C1)C[C@H](NC(=O)C(F)(F)F)C(=O)O2. The zero-order valence-corrected chi connectivity index (χ0v) is 9.36. The van der Waals surface area contributed by atoms with E-state index in [1.807, 2.05) is 0 Å². The van der Waals surface area contributed by atoms with E-state index >= 15 is 0 Å². The Morgan fingerprint density at radius 2 is 1.89 bits per heavy atom. The summed E-state index contributed by atoms with van der Waals surface area (Å²) in [5.41, 5.74) is -1.26. The highest BCUT2D eigenvalue weighted by molar-refractivity contribution is 6.01. The third kappa shape index (κ3) is 2.67. The van der Waals surface area contributed by atoms with Crippen LogP contribution in [0.2, 0.25) is 0 Å². The van der Waals surface area contributed by atoms with E-state index in [0.717, 1.165) is 12.2 Å². The number of rotatable bonds is 1. The molecule has 1 aliphatic heterocycles. The number of hydrogen-bond acceptors (Lipinski definition) is 4. The van der Waals surface area contributed by atoms with Gasteiger partial charge in [0.15, 0.2) is 11.4 Å². The number of hydrogen-bond donors (Lipinski definition) is 1. The summed E-state index contributed by atoms with van der Waals surface area (Å²) in [7, 11) is 0. The third-order valence-corrected chi connectivity index (χ3v) is 2.72. The van der Waals surface area contributed by atoms with Crippen molar-refractivity contribution in [3.05, 3.63) is 24.3 Å². The first kappa shape index (κ1) is 13.3. The summed E-state index contributed by atoms with van der Waals surface area (Å²) in [6.07, 6.45) is -0.374. The fourth-order valence-electron chi connectivity index (χ4n) is 1.81. The van der Waals surface area contributed by atoms with E-state index in [-0.39, 0.29) is 12.2 Å². The molecule has 1 heterocycles. The van der Waals surface area contributed by atoms with Gasteiger partial charge in [0.1, 0.15) is 6.04 Å². The predicted octanol–water partition coefficient (Wildman–Crippen LogP) is 0.414. The summed E-state index contributed by atoms with van der Waals surface area (Å²) < 4.78 is 41.2. The van der Waals surface area contributed by atoms with E-state index in [0.29, 0.717) is 0 Å². The second kappa shape index (κ2) is 4.22. The molecule has 0 bridgehead atoms. The quantitative estimate of drug-likeness (QED) is 0.704. The number of amides is 1. The molecule has 1 aliphatic carbocycles. The first-order chi connectivity index (χ1) is 8.72. The van der Waals surface area contributed by atoms with Crippen molar-refractivity contribution in [1.82, 2.24) is 5.32 Å². The van der Waals surface area contributed by atoms with Gasteiger partial charge in [-0.15, -0.1) is 0 Å². The minimum atomic E-state index is -5.07. The highest BCUT2D eigenvalue weighted by atomic mass is 19.4. The van der Waals surface area contributed by atoms with Crippen LogP contribution in [0.5, 0.6) is 0 Å². The molecule has 19 heavy (non-hydrogen) atoms. The van der Waals surface area contributed by atoms with Gasteiger partial charge >= 0.3 is 18.1 Å². The van der Waals surface area contributed by atoms with Gasteiger partial charge in [-0.1, -0.05) is 0 Å². The Kier molecular flexibility index (Phi) is 2.95. The van der Waals surface area contributed by atoms with Crippen molar-refractivity contribution < 1.29 is 32.3 Å². The van der Waals surface area contributed by atoms with E-state index in [9.17, 15) is 27.6 Å². The lowest BCUT2D eigenvalue weighted by Crippen LogP contribution is -2.45. The topological polar surface area (TPSA) is 72.5 Å². The summed E-state index contributed by atoms with van der Waals surface area (Å²) in [4.78, 5) is 33.1. The molecule has 0 aromatic carbocycles. The van der Waals surface area contributed by atoms with Crippen molar-refractivity contribution in [3.63, 3.8) is 0 Å². The number of allylic oxidation sites excluding steroid dienone is 2. The standard InChI is InChI=1S/C11H8F3NO4/c12-11(13,14)9(18)15-7-5-10(19-8(7)17)3-1-6(16)2-4-10/h1-4,7H,5H2,(H,15,18)/t7-/m0/s1. The van der Waals surface area contributed by atoms with Gasteiger partial charge in [0.05, 0.1) is 0 Å². The van der Waals surface area contributed by atoms with Crippen LogP contribution in [0.3, 0.4) is 0 Å². The Labute approximate surface area is 105 Å². The van der Waals surface area contributed by atoms with E-state index in [4.69, 9.17) is 4.74 Å². The van der Waals surface area contributed by atoms with Crippen LogP contribution in [0.1, 0.15) is 6.42 Å². The molecule has 0 radical (unpaired) electrons. The van der Waals surface area contributed by atoms with Crippen molar-refractivity contribution in [1.29, 1.82) is 0 Å². The number of carbonyl (C=O) groups is 3. The predicted molar refractivity (Wildman–Crippen MR) is 54.7 cm³/mol. The van der Waals surface area contributed by atoms with Crippen LogP contribution in [-0.2, 0) is 19.1 Å². The second-order valence-corrected chi connectivity index (χ2v) is 4.17. The molecule has 0 aromatic rings. The summed E-state index contributed by atoms with van der Waals surface area (Å²) in [6, 6.07) is -1.39. The van der Waals surface area contributed by atoms with Crippen LogP contribution in [0.25, 0.3) is 0 Å². The molecule has 5 nitrogen and oxygen atoms in total. The lowest BCUT2D eigenvalue weighted by molar-refractivity contribution is -0.175. The lowest BCUT2D eigenvalue weighted by atomic mass is 9.93. The van der Waals surface area contributed by atoms with Crippen molar-refractivity contribution in [2.75, 3.05) is 0 Å². The van der Waals surface area contributed by atoms with Crippen LogP contribution in [0.4, 0.5) is 13.2 Å². The molecule has 1 N–H and O–H groups in total. The minimum absolute atomic E-state index is 0.187. The van der Waals surface area contributed by atoms with Crippen LogP contribution in [0.15, 0.2) is 24.3 Å². The van der Waals surface area contributed by atoms with Gasteiger partial charge in [0, 0.05) is 6.42 Å². The molecular weight excluding hydrogens is 267 g/mol. The number of halogens is 3. The van der Waals surface area contributed by atoms with Crippen molar-refractivity contribution in [2.24, 2.45) is 0 Å². The maximum atomic E-state index is 12.1. The minimum Gasteiger partial charge on any atom is -0.449 e. The fraction of sp³-hybridized carbons (Fsp3) is 0.364. The van der Waals surface area contributed by atoms with Gasteiger partial charge in [0.2, 0.25) is 0 Å². The zero-order valence-electron chi connectivity index (χ0n) is 9.36. The number of esters is 1. The molecule has 1 amide bonds. The number of ether oxygens (including phenoxy) is 1. The normalized spacial score (nSPS) is 24.7. The van der Waals surface area contributed by atoms with E-state index in [1.54, 1.807) is 5.32 Å². The lowest BCUT2D eigenvalue weighted by Gasteiger charge is -2.21. The van der Waals surface area contributed by atoms with E-state index in [2.05, 4.69) is 0 Å². The average Bonchev–Trinajstić information content (AvgIpc) is 2.59. The third-order valence-electron chi connectivity index (χ3n) is 2.72. The van der Waals surface area contributed by atoms with Crippen molar-refractivity contribution in [3.8, 4) is 0 Å². The van der Waals surface area contributed by atoms with Gasteiger partial charge in [-0.2, -0.15) is 13.2 Å². The summed E-state index contributed by atoms with van der Waals surface area (Å²) in [5, 5.41) is 1.56. The van der Waals surface area contributed by atoms with Crippen LogP contribution >= 0.6 is 0 Å². The average molecular weight is 275 g/mol. The molecule has 2 aliphatic rings. The molecule has 1 saturated heterocycles. The summed E-state index contributed by atoms with van der Waals surface area (Å²) >= 11 is 0. The van der Waals surface area contributed by atoms with Gasteiger partial charge in [0.25, 0.3) is 0 Å². The Bertz CT molecular complexity index is 491. The van der Waals surface area contributed by atoms with Gasteiger partial charge in [-0.05, 0) is 24.3 Å². The van der Waals surface area contributed by atoms with Gasteiger partial charge < -0.3 is 10.1 Å². The molecule has 1 spiro atoms. The van der Waals surface area contributed by atoms with Crippen molar-refractivity contribution >= 4 is 17.7 Å². The molecule has 0 unspecified atom stereocenters. The summed E-state index contributed by atoms with van der Waals surface area (Å²) in [5.74, 6) is -3.49. The second-order valence-electron chi connectivity index (χ2n) is 4.17. The van der Waals surface area contributed by atoms with Crippen LogP contribution < -0.4 is 5.32 Å². The van der Waals surface area contributed by atoms with Crippen LogP contribution in [0, 0.1) is 0 Å². The first-order valence-corrected chi connectivity index (χ1v) is 5.25. The van der Waals surface area contributed by atoms with Crippen molar-refractivity contribution in [2.45, 2.75) is 24.2 Å². The molecule has 1 fully saturated rings. The highest BCUT2D eigenvalue weighted by Crippen LogP contribution is 2.32. The zero-order chi connectivity index (χ0) is 14.3. The molecular formula is C11H8F3NO4. The van der Waals surface area contributed by atoms with Gasteiger partial charge in [-0.25, -0.2) is 4.79 Å². The fourth-order valence-corrected chi connectivity index (χ4v) is 1.81. The monoisotopic (exact) mass is 275 g/mol. The van der Waals surface area contributed by atoms with Gasteiger partial charge in [-0.3, -0.25) is 9.59 Å². The van der Waals surface area contributed by atoms with E-state index < -0.39 is 29.7 Å². The first-order valence-electron chi connectivity index (χ1n) is 5.25.